The molecule has 8 nitrogen and oxygen atoms in total. The van der Waals surface area contributed by atoms with Crippen LogP contribution in [0.1, 0.15) is 40.9 Å². The van der Waals surface area contributed by atoms with E-state index in [2.05, 4.69) is 10.0 Å². The van der Waals surface area contributed by atoms with Crippen molar-refractivity contribution in [3.05, 3.63) is 74.6 Å². The molecule has 156 valence electrons. The predicted molar refractivity (Wildman–Crippen MR) is 106 cm³/mol. The van der Waals surface area contributed by atoms with Crippen LogP contribution in [0.2, 0.25) is 0 Å². The maximum atomic E-state index is 13.8. The number of rotatable bonds is 8. The zero-order valence-corrected chi connectivity index (χ0v) is 17.0. The molecule has 0 saturated heterocycles. The quantitative estimate of drug-likeness (QED) is 0.500. The third-order valence-electron chi connectivity index (χ3n) is 4.02. The number of sulfonamides is 1. The van der Waals surface area contributed by atoms with Gasteiger partial charge in [0.15, 0.2) is 0 Å². The maximum absolute atomic E-state index is 13.8. The van der Waals surface area contributed by atoms with Crippen molar-refractivity contribution in [2.75, 3.05) is 0 Å². The van der Waals surface area contributed by atoms with Gasteiger partial charge in [-0.3, -0.25) is 14.9 Å². The summed E-state index contributed by atoms with van der Waals surface area (Å²) in [4.78, 5) is 22.5. The lowest BCUT2D eigenvalue weighted by molar-refractivity contribution is -0.385. The van der Waals surface area contributed by atoms with Crippen LogP contribution in [0.3, 0.4) is 0 Å². The third kappa shape index (κ3) is 6.33. The van der Waals surface area contributed by atoms with Crippen molar-refractivity contribution in [3.63, 3.8) is 0 Å². The Kier molecular flexibility index (Phi) is 7.04. The number of benzene rings is 2. The average Bonchev–Trinajstić information content (AvgIpc) is 2.61. The minimum absolute atomic E-state index is 0.0966. The van der Waals surface area contributed by atoms with E-state index in [9.17, 15) is 27.7 Å². The lowest BCUT2D eigenvalue weighted by Crippen LogP contribution is -2.31. The first-order chi connectivity index (χ1) is 13.5. The van der Waals surface area contributed by atoms with Crippen molar-refractivity contribution < 1.29 is 22.5 Å². The number of nitro groups is 1. The Morgan fingerprint density at radius 2 is 1.76 bits per heavy atom. The van der Waals surface area contributed by atoms with Gasteiger partial charge in [0.25, 0.3) is 11.6 Å². The van der Waals surface area contributed by atoms with Gasteiger partial charge in [0, 0.05) is 24.2 Å². The molecule has 0 atom stereocenters. The molecule has 29 heavy (non-hydrogen) atoms. The van der Waals surface area contributed by atoms with Gasteiger partial charge in [0.05, 0.1) is 16.2 Å². The van der Waals surface area contributed by atoms with Crippen molar-refractivity contribution in [3.8, 4) is 0 Å². The fourth-order valence-electron chi connectivity index (χ4n) is 2.64. The van der Waals surface area contributed by atoms with Crippen LogP contribution in [-0.2, 0) is 22.3 Å². The summed E-state index contributed by atoms with van der Waals surface area (Å²) < 4.78 is 40.2. The molecule has 0 fully saturated rings. The van der Waals surface area contributed by atoms with Crippen LogP contribution in [-0.4, -0.2) is 25.3 Å². The highest BCUT2D eigenvalue weighted by Crippen LogP contribution is 2.22. The molecule has 2 aromatic rings. The van der Waals surface area contributed by atoms with Crippen molar-refractivity contribution in [1.29, 1.82) is 0 Å². The van der Waals surface area contributed by atoms with Crippen LogP contribution in [0.15, 0.2) is 36.4 Å². The molecule has 0 aliphatic rings. The number of carbonyl (C=O) groups excluding carboxylic acids is 1. The molecule has 0 aromatic heterocycles. The van der Waals surface area contributed by atoms with Gasteiger partial charge in [-0.2, -0.15) is 0 Å². The second kappa shape index (κ2) is 9.10. The fourth-order valence-corrected chi connectivity index (χ4v) is 4.08. The molecule has 1 amide bonds. The van der Waals surface area contributed by atoms with E-state index < -0.39 is 32.4 Å². The van der Waals surface area contributed by atoms with E-state index in [-0.39, 0.29) is 29.5 Å². The Hall–Kier alpha value is -2.85. The summed E-state index contributed by atoms with van der Waals surface area (Å²) in [5, 5.41) is 13.5. The minimum Gasteiger partial charge on any atom is -0.348 e. The number of nitrogens with zero attached hydrogens (tertiary/aromatic N) is 1. The predicted octanol–water partition coefficient (Wildman–Crippen LogP) is 2.80. The minimum atomic E-state index is -3.44. The highest BCUT2D eigenvalue weighted by molar-refractivity contribution is 7.88. The summed E-state index contributed by atoms with van der Waals surface area (Å²) in [5.74, 6) is -1.64. The molecule has 0 aliphatic heterocycles. The lowest BCUT2D eigenvalue weighted by Gasteiger charge is -2.10. The molecule has 2 aromatic carbocycles. The second-order valence-corrected chi connectivity index (χ2v) is 8.64. The molecule has 0 radical (unpaired) electrons. The Balaban J connectivity index is 2.03. The normalized spacial score (nSPS) is 11.5. The molecule has 0 bridgehead atoms. The van der Waals surface area contributed by atoms with E-state index in [4.69, 9.17) is 0 Å². The van der Waals surface area contributed by atoms with E-state index >= 15 is 0 Å². The molecule has 2 rings (SSSR count). The molecular formula is C19H22FN3O5S. The van der Waals surface area contributed by atoms with Gasteiger partial charge in [0.1, 0.15) is 5.82 Å². The van der Waals surface area contributed by atoms with Gasteiger partial charge in [0.2, 0.25) is 10.0 Å². The van der Waals surface area contributed by atoms with Crippen LogP contribution in [0.4, 0.5) is 10.1 Å². The zero-order chi connectivity index (χ0) is 21.8. The van der Waals surface area contributed by atoms with E-state index in [1.165, 1.54) is 6.92 Å². The molecule has 0 aliphatic carbocycles. The number of nitrogens with one attached hydrogen (secondary N) is 2. The van der Waals surface area contributed by atoms with Crippen molar-refractivity contribution in [2.45, 2.75) is 39.1 Å². The van der Waals surface area contributed by atoms with Crippen LogP contribution < -0.4 is 10.0 Å². The summed E-state index contributed by atoms with van der Waals surface area (Å²) in [5.41, 5.74) is 0.532. The fraction of sp³-hybridized carbons (Fsp3) is 0.316. The molecular weight excluding hydrogens is 401 g/mol. The summed E-state index contributed by atoms with van der Waals surface area (Å²) in [6, 6.07) is 8.39. The summed E-state index contributed by atoms with van der Waals surface area (Å²) in [6.45, 7) is 4.84. The van der Waals surface area contributed by atoms with E-state index in [0.29, 0.717) is 11.1 Å². The first-order valence-corrected chi connectivity index (χ1v) is 10.4. The van der Waals surface area contributed by atoms with E-state index in [0.717, 1.165) is 12.1 Å². The second-order valence-electron chi connectivity index (χ2n) is 6.89. The molecule has 0 heterocycles. The molecule has 10 heteroatoms. The highest BCUT2D eigenvalue weighted by atomic mass is 32.2. The average molecular weight is 423 g/mol. The topological polar surface area (TPSA) is 118 Å². The third-order valence-corrected chi connectivity index (χ3v) is 5.57. The van der Waals surface area contributed by atoms with Gasteiger partial charge >= 0.3 is 0 Å². The van der Waals surface area contributed by atoms with Gasteiger partial charge < -0.3 is 5.32 Å². The highest BCUT2D eigenvalue weighted by Gasteiger charge is 2.19. The molecule has 0 spiro atoms. The number of nitro benzene ring substituents is 1. The smallest absolute Gasteiger partial charge is 0.276 e. The zero-order valence-electron chi connectivity index (χ0n) is 16.2. The van der Waals surface area contributed by atoms with Crippen molar-refractivity contribution >= 4 is 21.6 Å². The van der Waals surface area contributed by atoms with Crippen LogP contribution >= 0.6 is 0 Å². The summed E-state index contributed by atoms with van der Waals surface area (Å²) in [7, 11) is -3.44. The van der Waals surface area contributed by atoms with Gasteiger partial charge in [-0.05, 0) is 38.0 Å². The first kappa shape index (κ1) is 22.4. The standard InChI is InChI=1S/C19H22FN3O5S/c1-12(2)22-29(27,28)11-15-6-4-14(5-7-15)10-21-19(24)16-8-17(20)13(3)18(9-16)23(25)26/h4-9,12,22H,10-11H2,1-3H3,(H,21,24). The Labute approximate surface area is 168 Å². The number of halogens is 1. The SMILES string of the molecule is Cc1c(F)cc(C(=O)NCc2ccc(CS(=O)(=O)NC(C)C)cc2)cc1[N+](=O)[O-]. The molecule has 2 N–H and O–H groups in total. The van der Waals surface area contributed by atoms with Crippen LogP contribution in [0.25, 0.3) is 0 Å². The Morgan fingerprint density at radius 1 is 1.17 bits per heavy atom. The van der Waals surface area contributed by atoms with E-state index in [1.54, 1.807) is 38.1 Å². The van der Waals surface area contributed by atoms with E-state index in [1.807, 2.05) is 0 Å². The number of carbonyl (C=O) groups is 1. The van der Waals surface area contributed by atoms with Gasteiger partial charge in [-0.1, -0.05) is 24.3 Å². The van der Waals surface area contributed by atoms with Gasteiger partial charge in [-0.25, -0.2) is 17.5 Å². The van der Waals surface area contributed by atoms with Crippen molar-refractivity contribution in [2.24, 2.45) is 0 Å². The van der Waals surface area contributed by atoms with Crippen molar-refractivity contribution in [1.82, 2.24) is 10.0 Å². The largest absolute Gasteiger partial charge is 0.348 e. The monoisotopic (exact) mass is 423 g/mol. The first-order valence-electron chi connectivity index (χ1n) is 8.79. The van der Waals surface area contributed by atoms with Crippen LogP contribution in [0.5, 0.6) is 0 Å². The Morgan fingerprint density at radius 3 is 2.31 bits per heavy atom. The summed E-state index contributed by atoms with van der Waals surface area (Å²) >= 11 is 0. The molecule has 0 unspecified atom stereocenters. The number of hydrogen-bond acceptors (Lipinski definition) is 5. The summed E-state index contributed by atoms with van der Waals surface area (Å²) in [6.07, 6.45) is 0. The maximum Gasteiger partial charge on any atom is 0.276 e. The molecule has 0 saturated carbocycles. The number of hydrogen-bond donors (Lipinski definition) is 2. The Bertz CT molecular complexity index is 1020. The number of amides is 1. The van der Waals surface area contributed by atoms with Gasteiger partial charge in [-0.15, -0.1) is 0 Å². The van der Waals surface area contributed by atoms with Crippen LogP contribution in [0, 0.1) is 22.9 Å². The lowest BCUT2D eigenvalue weighted by atomic mass is 10.1.